The first-order chi connectivity index (χ1) is 6.55. The van der Waals surface area contributed by atoms with Gasteiger partial charge in [0.1, 0.15) is 0 Å². The molecule has 0 aromatic carbocycles. The Hall–Kier alpha value is -1.41. The fourth-order valence-corrected chi connectivity index (χ4v) is 0.580. The summed E-state index contributed by atoms with van der Waals surface area (Å²) in [5.41, 5.74) is 0. The Bertz CT molecular complexity index is 239. The fraction of sp³-hybridized carbons (Fsp3) is 0.500. The summed E-state index contributed by atoms with van der Waals surface area (Å²) in [6.07, 6.45) is -13.7. The number of hydrogen-bond donors (Lipinski definition) is 1. The summed E-state index contributed by atoms with van der Waals surface area (Å²) in [7, 11) is 0. The van der Waals surface area contributed by atoms with Crippen LogP contribution >= 0.6 is 0 Å². The molecule has 1 N–H and O–H groups in total. The average Bonchev–Trinajstić information content (AvgIpc) is 1.92. The van der Waals surface area contributed by atoms with Crippen molar-refractivity contribution in [1.29, 1.82) is 0 Å². The molecule has 0 aromatic rings. The van der Waals surface area contributed by atoms with Gasteiger partial charge < -0.3 is 9.84 Å². The molecule has 0 aromatic heterocycles. The molecule has 0 radical (unpaired) electrons. The van der Waals surface area contributed by atoms with Crippen LogP contribution in [0.15, 0.2) is 12.3 Å². The van der Waals surface area contributed by atoms with Gasteiger partial charge in [-0.25, -0.2) is 4.79 Å². The largest absolute Gasteiger partial charge is 0.510 e. The van der Waals surface area contributed by atoms with Gasteiger partial charge in [0.25, 0.3) is 0 Å². The minimum Gasteiger partial charge on any atom is -0.449 e. The number of alkyl halides is 6. The third-order valence-electron chi connectivity index (χ3n) is 1.15. The molecule has 0 aliphatic carbocycles. The van der Waals surface area contributed by atoms with Crippen LogP contribution in [0, 0.1) is 5.92 Å². The molecule has 3 nitrogen and oxygen atoms in total. The number of allylic oxidation sites excluding steroid dienone is 1. The highest BCUT2D eigenvalue weighted by Gasteiger charge is 2.55. The lowest BCUT2D eigenvalue weighted by Crippen LogP contribution is -2.34. The number of carbonyl (C=O) groups is 1. The molecule has 0 unspecified atom stereocenters. The van der Waals surface area contributed by atoms with Crippen LogP contribution in [-0.2, 0) is 4.74 Å². The maximum absolute atomic E-state index is 11.8. The van der Waals surface area contributed by atoms with Crippen molar-refractivity contribution in [2.45, 2.75) is 12.4 Å². The second-order valence-corrected chi connectivity index (χ2v) is 2.27. The van der Waals surface area contributed by atoms with E-state index in [0.717, 1.165) is 0 Å². The summed E-state index contributed by atoms with van der Waals surface area (Å²) in [4.78, 5) is 9.64. The molecule has 0 aliphatic rings. The number of rotatable bonds is 2. The number of halogens is 6. The van der Waals surface area contributed by atoms with Crippen molar-refractivity contribution in [3.05, 3.63) is 12.3 Å². The Labute approximate surface area is 78.9 Å². The van der Waals surface area contributed by atoms with Crippen LogP contribution < -0.4 is 0 Å². The first-order valence-corrected chi connectivity index (χ1v) is 3.25. The van der Waals surface area contributed by atoms with Gasteiger partial charge in [-0.1, -0.05) is 0 Å². The molecule has 0 saturated carbocycles. The SMILES string of the molecule is O=C(O)OC=CC(C(F)(F)F)C(F)(F)F. The van der Waals surface area contributed by atoms with Gasteiger partial charge in [-0.05, 0) is 6.08 Å². The summed E-state index contributed by atoms with van der Waals surface area (Å²) in [6.45, 7) is 0. The standard InChI is InChI=1S/C6H4F6O3/c7-5(8,9)3(6(10,11)12)1-2-15-4(13)14/h1-3H,(H,13,14). The van der Waals surface area contributed by atoms with E-state index >= 15 is 0 Å². The molecule has 0 saturated heterocycles. The molecule has 0 fully saturated rings. The molecule has 88 valence electrons. The summed E-state index contributed by atoms with van der Waals surface area (Å²) >= 11 is 0. The smallest absolute Gasteiger partial charge is 0.449 e. The lowest BCUT2D eigenvalue weighted by atomic mass is 10.1. The van der Waals surface area contributed by atoms with Gasteiger partial charge in [-0.15, -0.1) is 0 Å². The van der Waals surface area contributed by atoms with Crippen LogP contribution in [0.3, 0.4) is 0 Å². The van der Waals surface area contributed by atoms with Gasteiger partial charge in [0, 0.05) is 0 Å². The van der Waals surface area contributed by atoms with E-state index in [1.807, 2.05) is 0 Å². The van der Waals surface area contributed by atoms with Crippen LogP contribution in [0.1, 0.15) is 0 Å². The summed E-state index contributed by atoms with van der Waals surface area (Å²) in [6, 6.07) is 0. The van der Waals surface area contributed by atoms with Crippen molar-refractivity contribution in [2.75, 3.05) is 0 Å². The van der Waals surface area contributed by atoms with Gasteiger partial charge in [0.15, 0.2) is 5.92 Å². The lowest BCUT2D eigenvalue weighted by molar-refractivity contribution is -0.268. The summed E-state index contributed by atoms with van der Waals surface area (Å²) in [5.74, 6) is -3.75. The quantitative estimate of drug-likeness (QED) is 0.457. The van der Waals surface area contributed by atoms with E-state index in [1.54, 1.807) is 0 Å². The third-order valence-corrected chi connectivity index (χ3v) is 1.15. The zero-order valence-corrected chi connectivity index (χ0v) is 6.76. The first kappa shape index (κ1) is 13.6. The lowest BCUT2D eigenvalue weighted by Gasteiger charge is -2.19. The zero-order valence-electron chi connectivity index (χ0n) is 6.76. The van der Waals surface area contributed by atoms with Crippen LogP contribution in [0.4, 0.5) is 31.1 Å². The van der Waals surface area contributed by atoms with E-state index in [2.05, 4.69) is 4.74 Å². The Morgan fingerprint density at radius 2 is 1.53 bits per heavy atom. The highest BCUT2D eigenvalue weighted by molar-refractivity contribution is 5.57. The minimum absolute atomic E-state index is 0.173. The highest BCUT2D eigenvalue weighted by Crippen LogP contribution is 2.39. The van der Waals surface area contributed by atoms with Crippen molar-refractivity contribution < 1.29 is 41.0 Å². The van der Waals surface area contributed by atoms with Gasteiger partial charge in [-0.3, -0.25) is 0 Å². The third kappa shape index (κ3) is 5.13. The second kappa shape index (κ2) is 4.41. The van der Waals surface area contributed by atoms with Gasteiger partial charge in [-0.2, -0.15) is 26.3 Å². The molecule has 0 amide bonds. The van der Waals surface area contributed by atoms with Crippen molar-refractivity contribution in [1.82, 2.24) is 0 Å². The molecule has 0 atom stereocenters. The maximum Gasteiger partial charge on any atom is 0.510 e. The molecule has 0 bridgehead atoms. The predicted molar refractivity (Wildman–Crippen MR) is 33.8 cm³/mol. The molecular weight excluding hydrogens is 234 g/mol. The molecule has 0 rings (SSSR count). The van der Waals surface area contributed by atoms with E-state index in [9.17, 15) is 31.1 Å². The normalized spacial score (nSPS) is 13.5. The van der Waals surface area contributed by atoms with E-state index in [0.29, 0.717) is 0 Å². The van der Waals surface area contributed by atoms with E-state index in [1.165, 1.54) is 0 Å². The maximum atomic E-state index is 11.8. The average molecular weight is 238 g/mol. The van der Waals surface area contributed by atoms with Gasteiger partial charge in [0.05, 0.1) is 6.26 Å². The summed E-state index contributed by atoms with van der Waals surface area (Å²) in [5, 5.41) is 7.80. The van der Waals surface area contributed by atoms with E-state index in [4.69, 9.17) is 5.11 Å². The molecule has 0 spiro atoms. The van der Waals surface area contributed by atoms with Crippen LogP contribution in [0.2, 0.25) is 0 Å². The Kier molecular flexibility index (Phi) is 3.99. The predicted octanol–water partition coefficient (Wildman–Crippen LogP) is 2.94. The number of hydrogen-bond acceptors (Lipinski definition) is 2. The molecule has 9 heteroatoms. The van der Waals surface area contributed by atoms with Crippen LogP contribution in [0.25, 0.3) is 0 Å². The monoisotopic (exact) mass is 238 g/mol. The minimum atomic E-state index is -5.55. The number of carboxylic acid groups (broad SMARTS) is 1. The van der Waals surface area contributed by atoms with Crippen molar-refractivity contribution >= 4 is 6.16 Å². The second-order valence-electron chi connectivity index (χ2n) is 2.27. The fourth-order valence-electron chi connectivity index (χ4n) is 0.580. The molecular formula is C6H4F6O3. The van der Waals surface area contributed by atoms with E-state index in [-0.39, 0.29) is 6.26 Å². The molecule has 0 aliphatic heterocycles. The molecule has 0 heterocycles. The van der Waals surface area contributed by atoms with Gasteiger partial charge in [0.2, 0.25) is 0 Å². The van der Waals surface area contributed by atoms with Crippen LogP contribution in [-0.4, -0.2) is 23.6 Å². The van der Waals surface area contributed by atoms with Crippen molar-refractivity contribution in [3.63, 3.8) is 0 Å². The van der Waals surface area contributed by atoms with Crippen molar-refractivity contribution in [3.8, 4) is 0 Å². The Balaban J connectivity index is 4.69. The highest BCUT2D eigenvalue weighted by atomic mass is 19.4. The topological polar surface area (TPSA) is 46.5 Å². The summed E-state index contributed by atoms with van der Waals surface area (Å²) < 4.78 is 74.0. The van der Waals surface area contributed by atoms with Gasteiger partial charge >= 0.3 is 18.5 Å². The first-order valence-electron chi connectivity index (χ1n) is 3.25. The Morgan fingerprint density at radius 1 is 1.13 bits per heavy atom. The zero-order chi connectivity index (χ0) is 12.3. The van der Waals surface area contributed by atoms with Crippen LogP contribution in [0.5, 0.6) is 0 Å². The molecule has 15 heavy (non-hydrogen) atoms. The van der Waals surface area contributed by atoms with E-state index < -0.39 is 30.5 Å². The number of ether oxygens (including phenoxy) is 1. The Morgan fingerprint density at radius 3 is 1.80 bits per heavy atom. The van der Waals surface area contributed by atoms with Crippen molar-refractivity contribution in [2.24, 2.45) is 5.92 Å².